The third-order valence-corrected chi connectivity index (χ3v) is 6.33. The number of rotatable bonds is 10. The minimum Gasteiger partial charge on any atom is -0.481 e. The lowest BCUT2D eigenvalue weighted by Crippen LogP contribution is -2.47. The molecule has 3 rings (SSSR count). The Bertz CT molecular complexity index is 945. The van der Waals surface area contributed by atoms with Gasteiger partial charge in [0.2, 0.25) is 0 Å². The predicted molar refractivity (Wildman–Crippen MR) is 132 cm³/mol. The number of esters is 1. The molecule has 1 aliphatic heterocycles. The molecule has 1 aromatic heterocycles. The number of amidine groups is 1. The Balaban J connectivity index is 0.00000385. The number of benzene rings is 1. The van der Waals surface area contributed by atoms with Crippen LogP contribution < -0.4 is 10.6 Å². The van der Waals surface area contributed by atoms with Crippen molar-refractivity contribution in [3.8, 4) is 11.3 Å². The van der Waals surface area contributed by atoms with E-state index in [9.17, 15) is 14.7 Å². The van der Waals surface area contributed by atoms with E-state index in [2.05, 4.69) is 9.80 Å². The van der Waals surface area contributed by atoms with Crippen LogP contribution in [0.2, 0.25) is 0 Å². The normalized spacial score (nSPS) is 14.3. The fourth-order valence-electron chi connectivity index (χ4n) is 3.78. The smallest absolute Gasteiger partial charge is 0.320 e. The van der Waals surface area contributed by atoms with Gasteiger partial charge in [0.1, 0.15) is 5.84 Å². The molecule has 2 heterocycles. The van der Waals surface area contributed by atoms with E-state index in [0.29, 0.717) is 18.7 Å². The number of thiazole rings is 1. The fraction of sp³-hybridized carbons (Fsp3) is 0.455. The summed E-state index contributed by atoms with van der Waals surface area (Å²) in [7, 11) is 0. The summed E-state index contributed by atoms with van der Waals surface area (Å²) >= 11 is 1.49. The van der Waals surface area contributed by atoms with E-state index in [1.54, 1.807) is 19.1 Å². The highest BCUT2D eigenvalue weighted by atomic mass is 35.5. The fourth-order valence-corrected chi connectivity index (χ4v) is 4.71. The number of ether oxygens (including phenoxy) is 1. The molecule has 1 fully saturated rings. The first kappa shape index (κ1) is 26.6. The molecule has 4 N–H and O–H groups in total. The third kappa shape index (κ3) is 7.41. The van der Waals surface area contributed by atoms with Crippen LogP contribution in [0.3, 0.4) is 0 Å². The largest absolute Gasteiger partial charge is 0.481 e. The number of hydrogen-bond donors (Lipinski definition) is 3. The zero-order valence-corrected chi connectivity index (χ0v) is 20.2. The van der Waals surface area contributed by atoms with Crippen LogP contribution in [0.1, 0.15) is 31.7 Å². The van der Waals surface area contributed by atoms with Crippen LogP contribution >= 0.6 is 23.7 Å². The predicted octanol–water partition coefficient (Wildman–Crippen LogP) is 2.82. The highest BCUT2D eigenvalue weighted by molar-refractivity contribution is 7.14. The number of piperidine rings is 1. The van der Waals surface area contributed by atoms with Crippen molar-refractivity contribution in [1.29, 1.82) is 5.41 Å². The second kappa shape index (κ2) is 12.5. The average molecular weight is 496 g/mol. The van der Waals surface area contributed by atoms with Gasteiger partial charge < -0.3 is 20.5 Å². The minimum absolute atomic E-state index is 0. The molecule has 0 spiro atoms. The highest BCUT2D eigenvalue weighted by Gasteiger charge is 2.28. The molecule has 9 nitrogen and oxygen atoms in total. The van der Waals surface area contributed by atoms with Crippen LogP contribution in [0.25, 0.3) is 11.3 Å². The summed E-state index contributed by atoms with van der Waals surface area (Å²) in [5.74, 6) is -1.04. The third-order valence-electron chi connectivity index (χ3n) is 5.45. The monoisotopic (exact) mass is 495 g/mol. The molecule has 0 radical (unpaired) electrons. The summed E-state index contributed by atoms with van der Waals surface area (Å²) in [6.07, 6.45) is 1.67. The van der Waals surface area contributed by atoms with Gasteiger partial charge in [-0.1, -0.05) is 24.3 Å². The quantitative estimate of drug-likeness (QED) is 0.260. The second-order valence-electron chi connectivity index (χ2n) is 7.66. The van der Waals surface area contributed by atoms with E-state index in [0.717, 1.165) is 42.3 Å². The number of aliphatic carboxylic acids is 1. The Morgan fingerprint density at radius 3 is 2.55 bits per heavy atom. The van der Waals surface area contributed by atoms with E-state index in [1.807, 2.05) is 17.5 Å². The zero-order chi connectivity index (χ0) is 23.1. The maximum Gasteiger partial charge on any atom is 0.320 e. The van der Waals surface area contributed by atoms with Gasteiger partial charge in [-0.2, -0.15) is 0 Å². The number of carboxylic acid groups (broad SMARTS) is 1. The van der Waals surface area contributed by atoms with Crippen molar-refractivity contribution in [3.05, 3.63) is 35.2 Å². The van der Waals surface area contributed by atoms with Gasteiger partial charge in [0.15, 0.2) is 5.13 Å². The molecule has 1 saturated heterocycles. The Labute approximate surface area is 203 Å². The van der Waals surface area contributed by atoms with Crippen LogP contribution in [0.15, 0.2) is 29.6 Å². The number of nitrogens with one attached hydrogen (secondary N) is 1. The Hall–Kier alpha value is -2.69. The van der Waals surface area contributed by atoms with Crippen molar-refractivity contribution in [3.63, 3.8) is 0 Å². The Kier molecular flexibility index (Phi) is 10.1. The first-order valence-electron chi connectivity index (χ1n) is 10.6. The van der Waals surface area contributed by atoms with Gasteiger partial charge >= 0.3 is 11.9 Å². The van der Waals surface area contributed by atoms with Crippen LogP contribution in [-0.2, 0) is 14.3 Å². The van der Waals surface area contributed by atoms with Crippen molar-refractivity contribution >= 4 is 46.6 Å². The van der Waals surface area contributed by atoms with Crippen molar-refractivity contribution in [2.24, 2.45) is 5.73 Å². The molecule has 0 atom stereocenters. The number of hydrogen-bond acceptors (Lipinski definition) is 8. The number of nitrogens with zero attached hydrogens (tertiary/aromatic N) is 3. The van der Waals surface area contributed by atoms with Gasteiger partial charge in [-0.05, 0) is 19.8 Å². The molecule has 11 heteroatoms. The van der Waals surface area contributed by atoms with Crippen molar-refractivity contribution < 1.29 is 19.4 Å². The number of likely N-dealkylation sites (tertiary alicyclic amines) is 1. The number of carbonyl (C=O) groups excluding carboxylic acids is 1. The molecule has 33 heavy (non-hydrogen) atoms. The van der Waals surface area contributed by atoms with Crippen LogP contribution in [0.4, 0.5) is 5.13 Å². The molecule has 0 amide bonds. The molecular weight excluding hydrogens is 466 g/mol. The molecular formula is C22H30ClN5O4S. The van der Waals surface area contributed by atoms with Gasteiger partial charge in [0.25, 0.3) is 0 Å². The lowest BCUT2D eigenvalue weighted by molar-refractivity contribution is -0.144. The van der Waals surface area contributed by atoms with E-state index in [4.69, 9.17) is 20.9 Å². The summed E-state index contributed by atoms with van der Waals surface area (Å²) < 4.78 is 5.04. The molecule has 0 aliphatic carbocycles. The molecule has 0 unspecified atom stereocenters. The van der Waals surface area contributed by atoms with Crippen LogP contribution in [-0.4, -0.2) is 71.6 Å². The Morgan fingerprint density at radius 1 is 1.30 bits per heavy atom. The summed E-state index contributed by atoms with van der Waals surface area (Å²) in [4.78, 5) is 31.9. The molecule has 0 saturated carbocycles. The highest BCUT2D eigenvalue weighted by Crippen LogP contribution is 2.31. The molecule has 1 aliphatic rings. The first-order chi connectivity index (χ1) is 15.4. The lowest BCUT2D eigenvalue weighted by atomic mass is 10.0. The first-order valence-corrected chi connectivity index (χ1v) is 11.5. The van der Waals surface area contributed by atoms with Gasteiger partial charge in [0.05, 0.1) is 25.3 Å². The average Bonchev–Trinajstić information content (AvgIpc) is 3.25. The van der Waals surface area contributed by atoms with E-state index in [1.165, 1.54) is 11.3 Å². The number of halogens is 1. The van der Waals surface area contributed by atoms with Gasteiger partial charge in [-0.3, -0.25) is 19.9 Å². The summed E-state index contributed by atoms with van der Waals surface area (Å²) in [5.41, 5.74) is 7.90. The van der Waals surface area contributed by atoms with Gasteiger partial charge in [-0.15, -0.1) is 23.7 Å². The van der Waals surface area contributed by atoms with Gasteiger partial charge in [-0.25, -0.2) is 4.98 Å². The van der Waals surface area contributed by atoms with E-state index in [-0.39, 0.29) is 43.2 Å². The lowest BCUT2D eigenvalue weighted by Gasteiger charge is -2.38. The standard InChI is InChI=1S/C22H29N5O4S.ClH/c1-2-31-20(30)13-26-10-7-17(8-11-26)27(12-9-19(28)29)22-25-18(14-32-22)15-3-5-16(6-4-15)21(23)24;/h3-6,14,17H,2,7-13H2,1H3,(H3,23,24)(H,28,29);1H. The van der Waals surface area contributed by atoms with E-state index >= 15 is 0 Å². The van der Waals surface area contributed by atoms with Crippen molar-refractivity contribution in [2.75, 3.05) is 37.7 Å². The summed E-state index contributed by atoms with van der Waals surface area (Å²) in [5, 5.41) is 19.5. The van der Waals surface area contributed by atoms with Crippen molar-refractivity contribution in [2.45, 2.75) is 32.2 Å². The Morgan fingerprint density at radius 2 is 1.97 bits per heavy atom. The van der Waals surface area contributed by atoms with Gasteiger partial charge in [0, 0.05) is 42.2 Å². The topological polar surface area (TPSA) is 133 Å². The molecule has 180 valence electrons. The minimum atomic E-state index is -0.841. The van der Waals surface area contributed by atoms with Crippen LogP contribution in [0.5, 0.6) is 0 Å². The number of carbonyl (C=O) groups is 2. The maximum atomic E-state index is 11.8. The maximum absolute atomic E-state index is 11.8. The number of carboxylic acids is 1. The SMILES string of the molecule is CCOC(=O)CN1CCC(N(CCC(=O)O)c2nc(-c3ccc(C(=N)N)cc3)cs2)CC1.Cl. The molecule has 0 bridgehead atoms. The van der Waals surface area contributed by atoms with Crippen LogP contribution in [0, 0.1) is 5.41 Å². The molecule has 1 aromatic carbocycles. The number of nitrogens with two attached hydrogens (primary N) is 1. The second-order valence-corrected chi connectivity index (χ2v) is 8.49. The molecule has 2 aromatic rings. The van der Waals surface area contributed by atoms with Crippen molar-refractivity contribution in [1.82, 2.24) is 9.88 Å². The van der Waals surface area contributed by atoms with E-state index < -0.39 is 5.97 Å². The number of nitrogen functional groups attached to an aromatic ring is 1. The number of anilines is 1. The summed E-state index contributed by atoms with van der Waals surface area (Å²) in [6.45, 7) is 4.34. The number of aromatic nitrogens is 1. The zero-order valence-electron chi connectivity index (χ0n) is 18.5. The summed E-state index contributed by atoms with van der Waals surface area (Å²) in [6, 6.07) is 7.50.